The number of thiophene rings is 3. The molecule has 3 aromatic heterocycles. The number of para-hydroxylation sites is 1. The first-order valence-electron chi connectivity index (χ1n) is 43.0. The van der Waals surface area contributed by atoms with Crippen LogP contribution >= 0.6 is 34.0 Å². The molecule has 24 aromatic rings. The van der Waals surface area contributed by atoms with Gasteiger partial charge in [-0.05, 0) is 279 Å². The Labute approximate surface area is 743 Å². The minimum atomic E-state index is 1.05. The van der Waals surface area contributed by atoms with E-state index in [9.17, 15) is 0 Å². The van der Waals surface area contributed by atoms with E-state index in [2.05, 4.69) is 482 Å². The summed E-state index contributed by atoms with van der Waals surface area (Å²) in [6.07, 6.45) is 0. The van der Waals surface area contributed by atoms with Crippen molar-refractivity contribution in [2.24, 2.45) is 0 Å². The van der Waals surface area contributed by atoms with Crippen molar-refractivity contribution in [1.29, 1.82) is 0 Å². The maximum absolute atomic E-state index is 2.44. The first-order chi connectivity index (χ1) is 62.4. The molecule has 6 heteroatoms. The Bertz CT molecular complexity index is 8380. The fraction of sp³-hybridized carbons (Fsp3) is 0. The van der Waals surface area contributed by atoms with Gasteiger partial charge in [0.1, 0.15) is 0 Å². The van der Waals surface area contributed by atoms with Gasteiger partial charge in [-0.15, -0.1) is 34.0 Å². The van der Waals surface area contributed by atoms with Gasteiger partial charge in [-0.3, -0.25) is 0 Å². The van der Waals surface area contributed by atoms with E-state index in [-0.39, 0.29) is 0 Å². The summed E-state index contributed by atoms with van der Waals surface area (Å²) in [5.74, 6) is 0. The summed E-state index contributed by atoms with van der Waals surface area (Å²) in [5.41, 5.74) is 28.3. The molecule has 590 valence electrons. The number of benzene rings is 21. The second-order valence-corrected chi connectivity index (χ2v) is 35.8. The second-order valence-electron chi connectivity index (χ2n) is 32.6. The lowest BCUT2D eigenvalue weighted by atomic mass is 9.91. The topological polar surface area (TPSA) is 9.72 Å². The summed E-state index contributed by atoms with van der Waals surface area (Å²) in [6, 6.07) is 173. The zero-order chi connectivity index (χ0) is 83.1. The maximum atomic E-state index is 2.44. The summed E-state index contributed by atoms with van der Waals surface area (Å²) >= 11 is 5.59. The Morgan fingerprint density at radius 1 is 0.135 bits per heavy atom. The summed E-state index contributed by atoms with van der Waals surface area (Å²) in [7, 11) is 0. The van der Waals surface area contributed by atoms with Crippen LogP contribution in [0.4, 0.5) is 51.2 Å². The Morgan fingerprint density at radius 3 is 1.08 bits per heavy atom. The number of hydrogen-bond donors (Lipinski definition) is 0. The van der Waals surface area contributed by atoms with Crippen LogP contribution in [0.1, 0.15) is 0 Å². The van der Waals surface area contributed by atoms with Crippen LogP contribution in [0.3, 0.4) is 0 Å². The fourth-order valence-corrected chi connectivity index (χ4v) is 22.7. The monoisotopic (exact) mass is 1660 g/mol. The van der Waals surface area contributed by atoms with Crippen LogP contribution in [0.2, 0.25) is 0 Å². The lowest BCUT2D eigenvalue weighted by molar-refractivity contribution is 1.28. The predicted octanol–water partition coefficient (Wildman–Crippen LogP) is 36.0. The SMILES string of the molecule is c1ccc(N(c2cccc(-c3ccc(-c4ccc(N(c5cccc(-c6ccc7sc8ccccc8c7c6)c5)c5cccc(-c6cc(-c7ccc(N(c8cccc(-c9cccc%10ccccc9%10)c8)c8cccc(-c9cccc%10c9sc9ccccc9%10)c8)cc7)cc7ccccc67)c5)cc4)c4ccccc34)c2)c2cccc(-c3cccc4sc5ccccc5c34)c2)cc1. The van der Waals surface area contributed by atoms with E-state index >= 15 is 0 Å². The molecule has 3 heterocycles. The van der Waals surface area contributed by atoms with Crippen LogP contribution < -0.4 is 14.7 Å². The van der Waals surface area contributed by atoms with Gasteiger partial charge in [-0.25, -0.2) is 0 Å². The molecule has 0 saturated heterocycles. The van der Waals surface area contributed by atoms with Crippen LogP contribution in [0.15, 0.2) is 467 Å². The van der Waals surface area contributed by atoms with Gasteiger partial charge in [0, 0.05) is 112 Å². The zero-order valence-electron chi connectivity index (χ0n) is 68.5. The summed E-state index contributed by atoms with van der Waals surface area (Å²) in [5, 5.41) is 14.9. The average molecular weight is 1660 g/mol. The van der Waals surface area contributed by atoms with Crippen molar-refractivity contribution >= 4 is 178 Å². The third kappa shape index (κ3) is 13.3. The Hall–Kier alpha value is -15.5. The minimum absolute atomic E-state index is 1.05. The lowest BCUT2D eigenvalue weighted by Gasteiger charge is -2.27. The molecule has 0 bridgehead atoms. The smallest absolute Gasteiger partial charge is 0.0467 e. The molecule has 0 N–H and O–H groups in total. The molecule has 3 nitrogen and oxygen atoms in total. The molecule has 0 aliphatic heterocycles. The third-order valence-electron chi connectivity index (χ3n) is 25.2. The number of fused-ring (bicyclic) bond motifs is 12. The Morgan fingerprint density at radius 2 is 0.476 bits per heavy atom. The Balaban J connectivity index is 0.590. The van der Waals surface area contributed by atoms with Crippen molar-refractivity contribution in [1.82, 2.24) is 0 Å². The Kier molecular flexibility index (Phi) is 18.5. The second kappa shape index (κ2) is 31.4. The molecule has 0 radical (unpaired) electrons. The number of anilines is 9. The highest BCUT2D eigenvalue weighted by molar-refractivity contribution is 7.27. The van der Waals surface area contributed by atoms with Gasteiger partial charge in [-0.1, -0.05) is 309 Å². The molecule has 0 fully saturated rings. The highest BCUT2D eigenvalue weighted by atomic mass is 32.1. The van der Waals surface area contributed by atoms with Gasteiger partial charge < -0.3 is 14.7 Å². The molecular formula is C120H77N3S3. The van der Waals surface area contributed by atoms with Crippen LogP contribution in [-0.2, 0) is 0 Å². The third-order valence-corrected chi connectivity index (χ3v) is 28.7. The standard InChI is InChI=1S/C120H77N3S3/c1-2-34-90(35-3-1)121(96-39-19-31-86(73-96)104-50-24-56-118-119(104)111-48-12-15-55-116(111)125-118)94-37-18-30-85(72-94)103-67-66-102(106-44-8-9-45-107(103)106)80-59-64-92(65-60-80)122(93-36-16-28-81(70-93)82-61-68-117-113(76-82)109-47-11-13-53-114(109)124-117)98-41-21-33-88(75-98)112-77-89(69-83-26-5-7-43-101(83)112)78-57-62-91(63-58-78)123(95-38-17-29-84(71-95)100-49-22-27-79-25-4-6-42-99(79)100)97-40-20-32-87(74-97)105-51-23-52-110-108-46-10-14-54-115(108)126-120(105)110/h1-77H. The van der Waals surface area contributed by atoms with Gasteiger partial charge in [0.15, 0.2) is 0 Å². The van der Waals surface area contributed by atoms with Crippen molar-refractivity contribution in [3.05, 3.63) is 467 Å². The van der Waals surface area contributed by atoms with Crippen molar-refractivity contribution in [3.63, 3.8) is 0 Å². The molecule has 24 rings (SSSR count). The van der Waals surface area contributed by atoms with E-state index in [1.807, 2.05) is 34.0 Å². The molecule has 0 saturated carbocycles. The lowest BCUT2D eigenvalue weighted by Crippen LogP contribution is -2.10. The molecule has 0 unspecified atom stereocenters. The van der Waals surface area contributed by atoms with E-state index in [1.54, 1.807) is 0 Å². The molecular weight excluding hydrogens is 1580 g/mol. The molecule has 0 atom stereocenters. The highest BCUT2D eigenvalue weighted by Crippen LogP contribution is 2.50. The van der Waals surface area contributed by atoms with Crippen LogP contribution in [0.25, 0.3) is 182 Å². The fourth-order valence-electron chi connectivity index (χ4n) is 19.3. The van der Waals surface area contributed by atoms with E-state index in [0.29, 0.717) is 0 Å². The van der Waals surface area contributed by atoms with Crippen LogP contribution in [0, 0.1) is 0 Å². The summed E-state index contributed by atoms with van der Waals surface area (Å²) < 4.78 is 7.78. The van der Waals surface area contributed by atoms with Crippen LogP contribution in [-0.4, -0.2) is 0 Å². The molecule has 0 aliphatic carbocycles. The average Bonchev–Trinajstić information content (AvgIpc) is 1.59. The minimum Gasteiger partial charge on any atom is -0.310 e. The molecule has 126 heavy (non-hydrogen) atoms. The highest BCUT2D eigenvalue weighted by Gasteiger charge is 2.24. The van der Waals surface area contributed by atoms with Gasteiger partial charge in [0.05, 0.1) is 0 Å². The summed E-state index contributed by atoms with van der Waals surface area (Å²) in [6.45, 7) is 0. The molecule has 0 spiro atoms. The van der Waals surface area contributed by atoms with Crippen molar-refractivity contribution in [2.75, 3.05) is 14.7 Å². The van der Waals surface area contributed by atoms with Crippen molar-refractivity contribution in [2.45, 2.75) is 0 Å². The van der Waals surface area contributed by atoms with E-state index < -0.39 is 0 Å². The first kappa shape index (κ1) is 74.3. The zero-order valence-corrected chi connectivity index (χ0v) is 71.0. The van der Waals surface area contributed by atoms with Gasteiger partial charge in [0.2, 0.25) is 0 Å². The van der Waals surface area contributed by atoms with E-state index in [1.165, 1.54) is 137 Å². The van der Waals surface area contributed by atoms with Gasteiger partial charge >= 0.3 is 0 Å². The number of hydrogen-bond acceptors (Lipinski definition) is 6. The normalized spacial score (nSPS) is 11.7. The van der Waals surface area contributed by atoms with E-state index in [0.717, 1.165) is 95.7 Å². The van der Waals surface area contributed by atoms with Gasteiger partial charge in [0.25, 0.3) is 0 Å². The predicted molar refractivity (Wildman–Crippen MR) is 545 cm³/mol. The summed E-state index contributed by atoms with van der Waals surface area (Å²) in [4.78, 5) is 7.27. The largest absolute Gasteiger partial charge is 0.310 e. The molecule has 0 amide bonds. The maximum Gasteiger partial charge on any atom is 0.0467 e. The number of rotatable bonds is 17. The van der Waals surface area contributed by atoms with Crippen molar-refractivity contribution in [3.8, 4) is 89.0 Å². The quantitative estimate of drug-likeness (QED) is 0.0900. The molecule has 0 aliphatic rings. The van der Waals surface area contributed by atoms with Gasteiger partial charge in [-0.2, -0.15) is 0 Å². The number of nitrogens with zero attached hydrogens (tertiary/aromatic N) is 3. The first-order valence-corrected chi connectivity index (χ1v) is 45.4. The van der Waals surface area contributed by atoms with E-state index in [4.69, 9.17) is 0 Å². The molecule has 21 aromatic carbocycles. The van der Waals surface area contributed by atoms with Crippen molar-refractivity contribution < 1.29 is 0 Å². The van der Waals surface area contributed by atoms with Crippen LogP contribution in [0.5, 0.6) is 0 Å².